The van der Waals surface area contributed by atoms with Gasteiger partial charge in [0, 0.05) is 10.8 Å². The lowest BCUT2D eigenvalue weighted by Crippen LogP contribution is -2.09. The summed E-state index contributed by atoms with van der Waals surface area (Å²) in [5, 5.41) is 1.44. The van der Waals surface area contributed by atoms with Crippen LogP contribution in [0.3, 0.4) is 0 Å². The first-order chi connectivity index (χ1) is 9.22. The van der Waals surface area contributed by atoms with Crippen LogP contribution in [0.25, 0.3) is 10.8 Å². The lowest BCUT2D eigenvalue weighted by atomic mass is 10.1. The summed E-state index contributed by atoms with van der Waals surface area (Å²) in [6.45, 7) is 2.05. The maximum absolute atomic E-state index is 12.1. The molecular formula is C14H15NO4. The van der Waals surface area contributed by atoms with Gasteiger partial charge in [-0.05, 0) is 13.0 Å². The number of fused-ring (bicyclic) bond motifs is 1. The van der Waals surface area contributed by atoms with Crippen LogP contribution >= 0.6 is 0 Å². The first-order valence-corrected chi connectivity index (χ1v) is 5.90. The highest BCUT2D eigenvalue weighted by Gasteiger charge is 2.21. The summed E-state index contributed by atoms with van der Waals surface area (Å²) in [5.74, 6) is 0.167. The molecule has 19 heavy (non-hydrogen) atoms. The van der Waals surface area contributed by atoms with E-state index >= 15 is 0 Å². The molecule has 0 saturated carbocycles. The average molecular weight is 261 g/mol. The summed E-state index contributed by atoms with van der Waals surface area (Å²) in [5.41, 5.74) is 0.320. The Balaban J connectivity index is 2.76. The van der Waals surface area contributed by atoms with E-state index in [1.54, 1.807) is 6.92 Å². The van der Waals surface area contributed by atoms with Crippen molar-refractivity contribution in [2.75, 3.05) is 20.8 Å². The lowest BCUT2D eigenvalue weighted by molar-refractivity contribution is 0.0524. The Morgan fingerprint density at radius 3 is 2.32 bits per heavy atom. The number of hydrogen-bond acceptors (Lipinski definition) is 5. The van der Waals surface area contributed by atoms with Gasteiger partial charge in [-0.15, -0.1) is 0 Å². The molecule has 0 radical (unpaired) electrons. The summed E-state index contributed by atoms with van der Waals surface area (Å²) in [4.78, 5) is 16.3. The van der Waals surface area contributed by atoms with Gasteiger partial charge in [0.05, 0.1) is 20.8 Å². The molecule has 0 N–H and O–H groups in total. The van der Waals surface area contributed by atoms with E-state index in [-0.39, 0.29) is 5.88 Å². The van der Waals surface area contributed by atoms with Crippen molar-refractivity contribution in [3.8, 4) is 11.8 Å². The van der Waals surface area contributed by atoms with Gasteiger partial charge >= 0.3 is 5.97 Å². The average Bonchev–Trinajstić information content (AvgIpc) is 2.45. The minimum absolute atomic E-state index is 0.203. The minimum Gasteiger partial charge on any atom is -0.480 e. The summed E-state index contributed by atoms with van der Waals surface area (Å²) in [6, 6.07) is 7.34. The second kappa shape index (κ2) is 5.56. The molecule has 1 aromatic heterocycles. The SMILES string of the molecule is CCOC(=O)c1c(OC)nc(OC)c2ccccc12. The van der Waals surface area contributed by atoms with Crippen molar-refractivity contribution in [3.63, 3.8) is 0 Å². The molecule has 0 atom stereocenters. The third-order valence-corrected chi connectivity index (χ3v) is 2.71. The van der Waals surface area contributed by atoms with Crippen molar-refractivity contribution in [1.29, 1.82) is 0 Å². The monoisotopic (exact) mass is 261 g/mol. The third kappa shape index (κ3) is 2.31. The van der Waals surface area contributed by atoms with Crippen molar-refractivity contribution in [3.05, 3.63) is 29.8 Å². The van der Waals surface area contributed by atoms with Crippen molar-refractivity contribution in [2.24, 2.45) is 0 Å². The lowest BCUT2D eigenvalue weighted by Gasteiger charge is -2.12. The zero-order valence-electron chi connectivity index (χ0n) is 11.1. The molecular weight excluding hydrogens is 246 g/mol. The Hall–Kier alpha value is -2.30. The molecule has 0 saturated heterocycles. The molecule has 0 spiro atoms. The molecule has 2 rings (SSSR count). The number of carbonyl (C=O) groups is 1. The molecule has 2 aromatic rings. The van der Waals surface area contributed by atoms with Crippen LogP contribution in [-0.2, 0) is 4.74 Å². The third-order valence-electron chi connectivity index (χ3n) is 2.71. The highest BCUT2D eigenvalue weighted by molar-refractivity contribution is 6.07. The molecule has 0 unspecified atom stereocenters. The number of hydrogen-bond donors (Lipinski definition) is 0. The second-order valence-corrected chi connectivity index (χ2v) is 3.77. The minimum atomic E-state index is -0.453. The van der Waals surface area contributed by atoms with E-state index in [2.05, 4.69) is 4.98 Å². The van der Waals surface area contributed by atoms with E-state index in [9.17, 15) is 4.79 Å². The van der Waals surface area contributed by atoms with Crippen molar-refractivity contribution in [1.82, 2.24) is 4.98 Å². The van der Waals surface area contributed by atoms with Gasteiger partial charge in [0.25, 0.3) is 0 Å². The standard InChI is InChI=1S/C14H15NO4/c1-4-19-14(16)11-9-7-5-6-8-10(9)12(17-2)15-13(11)18-3/h5-8H,4H2,1-3H3. The van der Waals surface area contributed by atoms with Crippen LogP contribution in [0.15, 0.2) is 24.3 Å². The smallest absolute Gasteiger partial charge is 0.344 e. The van der Waals surface area contributed by atoms with Gasteiger partial charge in [-0.1, -0.05) is 18.2 Å². The molecule has 0 fully saturated rings. The highest BCUT2D eigenvalue weighted by atomic mass is 16.5. The summed E-state index contributed by atoms with van der Waals surface area (Å²) in [7, 11) is 2.98. The molecule has 0 amide bonds. The quantitative estimate of drug-likeness (QED) is 0.791. The summed E-state index contributed by atoms with van der Waals surface area (Å²) in [6.07, 6.45) is 0. The van der Waals surface area contributed by atoms with E-state index in [1.807, 2.05) is 24.3 Å². The van der Waals surface area contributed by atoms with E-state index in [0.29, 0.717) is 23.4 Å². The number of nitrogens with zero attached hydrogens (tertiary/aromatic N) is 1. The van der Waals surface area contributed by atoms with Gasteiger partial charge in [-0.3, -0.25) is 0 Å². The zero-order chi connectivity index (χ0) is 13.8. The van der Waals surface area contributed by atoms with Crippen LogP contribution in [0.5, 0.6) is 11.8 Å². The molecule has 0 aliphatic rings. The largest absolute Gasteiger partial charge is 0.480 e. The van der Waals surface area contributed by atoms with Crippen LogP contribution in [0.2, 0.25) is 0 Å². The number of aromatic nitrogens is 1. The van der Waals surface area contributed by atoms with Gasteiger partial charge in [0.15, 0.2) is 0 Å². The predicted molar refractivity (Wildman–Crippen MR) is 70.8 cm³/mol. The highest BCUT2D eigenvalue weighted by Crippen LogP contribution is 2.32. The number of esters is 1. The maximum atomic E-state index is 12.1. The number of methoxy groups -OCH3 is 2. The van der Waals surface area contributed by atoms with Gasteiger partial charge < -0.3 is 14.2 Å². The number of ether oxygens (including phenoxy) is 3. The fourth-order valence-electron chi connectivity index (χ4n) is 1.92. The normalized spacial score (nSPS) is 10.3. The van der Waals surface area contributed by atoms with E-state index in [1.165, 1.54) is 14.2 Å². The molecule has 1 heterocycles. The number of benzene rings is 1. The number of pyridine rings is 1. The van der Waals surface area contributed by atoms with Gasteiger partial charge in [-0.25, -0.2) is 4.79 Å². The predicted octanol–water partition coefficient (Wildman–Crippen LogP) is 2.43. The van der Waals surface area contributed by atoms with Crippen LogP contribution in [-0.4, -0.2) is 31.8 Å². The van der Waals surface area contributed by atoms with E-state index in [0.717, 1.165) is 5.39 Å². The second-order valence-electron chi connectivity index (χ2n) is 3.77. The Bertz CT molecular complexity index is 610. The van der Waals surface area contributed by atoms with Crippen LogP contribution < -0.4 is 9.47 Å². The first kappa shape index (κ1) is 13.1. The summed E-state index contributed by atoms with van der Waals surface area (Å²) >= 11 is 0. The van der Waals surface area contributed by atoms with E-state index < -0.39 is 5.97 Å². The van der Waals surface area contributed by atoms with Crippen LogP contribution in [0.4, 0.5) is 0 Å². The van der Waals surface area contributed by atoms with Gasteiger partial charge in [0.1, 0.15) is 5.56 Å². The Labute approximate surface area is 111 Å². The molecule has 5 nitrogen and oxygen atoms in total. The molecule has 0 aliphatic carbocycles. The van der Waals surface area contributed by atoms with Crippen molar-refractivity contribution >= 4 is 16.7 Å². The van der Waals surface area contributed by atoms with Crippen LogP contribution in [0.1, 0.15) is 17.3 Å². The van der Waals surface area contributed by atoms with Gasteiger partial charge in [0.2, 0.25) is 11.8 Å². The maximum Gasteiger partial charge on any atom is 0.344 e. The summed E-state index contributed by atoms with van der Waals surface area (Å²) < 4.78 is 15.4. The van der Waals surface area contributed by atoms with Crippen LogP contribution in [0, 0.1) is 0 Å². The zero-order valence-corrected chi connectivity index (χ0v) is 11.1. The fourth-order valence-corrected chi connectivity index (χ4v) is 1.92. The Morgan fingerprint density at radius 1 is 1.11 bits per heavy atom. The van der Waals surface area contributed by atoms with Crippen molar-refractivity contribution in [2.45, 2.75) is 6.92 Å². The molecule has 100 valence electrons. The van der Waals surface area contributed by atoms with Gasteiger partial charge in [-0.2, -0.15) is 4.98 Å². The molecule has 0 bridgehead atoms. The molecule has 5 heteroatoms. The van der Waals surface area contributed by atoms with Crippen molar-refractivity contribution < 1.29 is 19.0 Å². The topological polar surface area (TPSA) is 57.7 Å². The Morgan fingerprint density at radius 2 is 1.74 bits per heavy atom. The Kier molecular flexibility index (Phi) is 3.85. The molecule has 0 aliphatic heterocycles. The number of carbonyl (C=O) groups excluding carboxylic acids is 1. The van der Waals surface area contributed by atoms with E-state index in [4.69, 9.17) is 14.2 Å². The first-order valence-electron chi connectivity index (χ1n) is 5.90. The fraction of sp³-hybridized carbons (Fsp3) is 0.286. The number of rotatable bonds is 4. The molecule has 1 aromatic carbocycles.